The van der Waals surface area contributed by atoms with Crippen molar-refractivity contribution in [1.29, 1.82) is 0 Å². The van der Waals surface area contributed by atoms with Crippen molar-refractivity contribution in [2.24, 2.45) is 5.92 Å². The van der Waals surface area contributed by atoms with E-state index in [0.717, 1.165) is 6.42 Å². The van der Waals surface area contributed by atoms with Crippen LogP contribution in [0.4, 0.5) is 10.5 Å². The Bertz CT molecular complexity index is 397. The van der Waals surface area contributed by atoms with Gasteiger partial charge in [0.25, 0.3) is 0 Å². The van der Waals surface area contributed by atoms with Crippen LogP contribution in [-0.2, 0) is 0 Å². The van der Waals surface area contributed by atoms with Crippen LogP contribution in [0.25, 0.3) is 0 Å². The fraction of sp³-hybridized carbons (Fsp3) is 0.500. The maximum absolute atomic E-state index is 11.8. The van der Waals surface area contributed by atoms with Gasteiger partial charge in [-0.1, -0.05) is 19.9 Å². The Kier molecular flexibility index (Phi) is 5.99. The van der Waals surface area contributed by atoms with E-state index in [4.69, 9.17) is 9.47 Å². The first-order valence-corrected chi connectivity index (χ1v) is 6.34. The van der Waals surface area contributed by atoms with Crippen LogP contribution in [0, 0.1) is 5.92 Å². The summed E-state index contributed by atoms with van der Waals surface area (Å²) < 4.78 is 10.4. The van der Waals surface area contributed by atoms with Gasteiger partial charge in [0.05, 0.1) is 14.2 Å². The van der Waals surface area contributed by atoms with Gasteiger partial charge in [-0.3, -0.25) is 0 Å². The summed E-state index contributed by atoms with van der Waals surface area (Å²) in [6.45, 7) is 4.87. The number of hydrogen-bond donors (Lipinski definition) is 2. The van der Waals surface area contributed by atoms with Gasteiger partial charge in [-0.15, -0.1) is 0 Å². The molecule has 0 aliphatic heterocycles. The number of rotatable bonds is 6. The number of nitrogens with one attached hydrogen (secondary N) is 2. The van der Waals surface area contributed by atoms with Crippen molar-refractivity contribution in [3.05, 3.63) is 18.2 Å². The number of amides is 2. The van der Waals surface area contributed by atoms with Crippen LogP contribution in [0.15, 0.2) is 18.2 Å². The quantitative estimate of drug-likeness (QED) is 0.832. The van der Waals surface area contributed by atoms with Gasteiger partial charge >= 0.3 is 6.03 Å². The number of methoxy groups -OCH3 is 2. The first kappa shape index (κ1) is 15.1. The van der Waals surface area contributed by atoms with Crippen LogP contribution in [0.2, 0.25) is 0 Å². The molecule has 1 aromatic carbocycles. The number of hydrogen-bond acceptors (Lipinski definition) is 3. The van der Waals surface area contributed by atoms with E-state index in [2.05, 4.69) is 24.5 Å². The number of para-hydroxylation sites is 1. The van der Waals surface area contributed by atoms with E-state index in [9.17, 15) is 4.79 Å². The summed E-state index contributed by atoms with van der Waals surface area (Å²) in [4.78, 5) is 11.8. The molecular weight excluding hydrogens is 244 g/mol. The van der Waals surface area contributed by atoms with Gasteiger partial charge in [-0.25, -0.2) is 4.79 Å². The van der Waals surface area contributed by atoms with Crippen molar-refractivity contribution in [1.82, 2.24) is 5.32 Å². The molecule has 0 unspecified atom stereocenters. The molecule has 1 aromatic rings. The van der Waals surface area contributed by atoms with Gasteiger partial charge in [-0.05, 0) is 24.5 Å². The average molecular weight is 266 g/mol. The summed E-state index contributed by atoms with van der Waals surface area (Å²) in [5.41, 5.74) is 0.537. The van der Waals surface area contributed by atoms with Crippen LogP contribution in [0.3, 0.4) is 0 Å². The molecule has 0 bridgehead atoms. The molecule has 5 heteroatoms. The molecule has 0 radical (unpaired) electrons. The SMILES string of the molecule is COc1cccc(OC)c1NC(=O)NCCC(C)C. The minimum atomic E-state index is -0.261. The van der Waals surface area contributed by atoms with E-state index in [1.807, 2.05) is 0 Å². The molecule has 19 heavy (non-hydrogen) atoms. The van der Waals surface area contributed by atoms with Crippen molar-refractivity contribution < 1.29 is 14.3 Å². The van der Waals surface area contributed by atoms with Crippen LogP contribution < -0.4 is 20.1 Å². The summed E-state index contributed by atoms with van der Waals surface area (Å²) in [5, 5.41) is 5.56. The Morgan fingerprint density at radius 3 is 2.26 bits per heavy atom. The van der Waals surface area contributed by atoms with E-state index in [1.54, 1.807) is 32.4 Å². The Labute approximate surface area is 114 Å². The van der Waals surface area contributed by atoms with E-state index in [1.165, 1.54) is 0 Å². The molecule has 2 amide bonds. The van der Waals surface area contributed by atoms with Crippen molar-refractivity contribution >= 4 is 11.7 Å². The standard InChI is InChI=1S/C14H22N2O3/c1-10(2)8-9-15-14(17)16-13-11(18-3)6-5-7-12(13)19-4/h5-7,10H,8-9H2,1-4H3,(H2,15,16,17). The third-order valence-corrected chi connectivity index (χ3v) is 2.67. The zero-order chi connectivity index (χ0) is 14.3. The normalized spacial score (nSPS) is 10.2. The zero-order valence-electron chi connectivity index (χ0n) is 11.9. The van der Waals surface area contributed by atoms with Crippen molar-refractivity contribution in [3.8, 4) is 11.5 Å². The molecule has 5 nitrogen and oxygen atoms in total. The van der Waals surface area contributed by atoms with Gasteiger partial charge in [0, 0.05) is 6.54 Å². The predicted molar refractivity (Wildman–Crippen MR) is 76.0 cm³/mol. The Morgan fingerprint density at radius 2 is 1.79 bits per heavy atom. The van der Waals surface area contributed by atoms with E-state index in [-0.39, 0.29) is 6.03 Å². The molecule has 0 saturated heterocycles. The Morgan fingerprint density at radius 1 is 1.21 bits per heavy atom. The highest BCUT2D eigenvalue weighted by Crippen LogP contribution is 2.33. The summed E-state index contributed by atoms with van der Waals surface area (Å²) >= 11 is 0. The summed E-state index contributed by atoms with van der Waals surface area (Å²) in [6, 6.07) is 5.08. The smallest absolute Gasteiger partial charge is 0.319 e. The molecule has 0 heterocycles. The van der Waals surface area contributed by atoms with Crippen LogP contribution >= 0.6 is 0 Å². The number of carbonyl (C=O) groups excluding carboxylic acids is 1. The molecule has 0 aromatic heterocycles. The monoisotopic (exact) mass is 266 g/mol. The number of carbonyl (C=O) groups is 1. The van der Waals surface area contributed by atoms with E-state index in [0.29, 0.717) is 29.6 Å². The van der Waals surface area contributed by atoms with Crippen molar-refractivity contribution in [3.63, 3.8) is 0 Å². The van der Waals surface area contributed by atoms with E-state index >= 15 is 0 Å². The molecule has 0 spiro atoms. The minimum Gasteiger partial charge on any atom is -0.494 e. The van der Waals surface area contributed by atoms with E-state index < -0.39 is 0 Å². The maximum Gasteiger partial charge on any atom is 0.319 e. The zero-order valence-corrected chi connectivity index (χ0v) is 11.9. The molecular formula is C14H22N2O3. The molecule has 0 aliphatic rings. The molecule has 0 atom stereocenters. The lowest BCUT2D eigenvalue weighted by Gasteiger charge is -2.14. The highest BCUT2D eigenvalue weighted by atomic mass is 16.5. The third-order valence-electron chi connectivity index (χ3n) is 2.67. The molecule has 1 rings (SSSR count). The second kappa shape index (κ2) is 7.51. The summed E-state index contributed by atoms with van der Waals surface area (Å²) in [7, 11) is 3.10. The lowest BCUT2D eigenvalue weighted by molar-refractivity contribution is 0.251. The summed E-state index contributed by atoms with van der Waals surface area (Å²) in [5.74, 6) is 1.69. The van der Waals surface area contributed by atoms with Crippen LogP contribution in [0.1, 0.15) is 20.3 Å². The average Bonchev–Trinajstić information content (AvgIpc) is 2.38. The topological polar surface area (TPSA) is 59.6 Å². The highest BCUT2D eigenvalue weighted by molar-refractivity contribution is 5.92. The predicted octanol–water partition coefficient (Wildman–Crippen LogP) is 2.87. The van der Waals surface area contributed by atoms with Gasteiger partial charge in [-0.2, -0.15) is 0 Å². The summed E-state index contributed by atoms with van der Waals surface area (Å²) in [6.07, 6.45) is 0.941. The number of anilines is 1. The first-order valence-electron chi connectivity index (χ1n) is 6.34. The molecule has 0 saturated carbocycles. The number of benzene rings is 1. The second-order valence-electron chi connectivity index (χ2n) is 4.60. The third kappa shape index (κ3) is 4.69. The Hall–Kier alpha value is -1.91. The van der Waals surface area contributed by atoms with Crippen molar-refractivity contribution in [2.75, 3.05) is 26.1 Å². The van der Waals surface area contributed by atoms with Gasteiger partial charge in [0.2, 0.25) is 0 Å². The van der Waals surface area contributed by atoms with Crippen LogP contribution in [-0.4, -0.2) is 26.8 Å². The van der Waals surface area contributed by atoms with Crippen molar-refractivity contribution in [2.45, 2.75) is 20.3 Å². The van der Waals surface area contributed by atoms with Crippen LogP contribution in [0.5, 0.6) is 11.5 Å². The minimum absolute atomic E-state index is 0.261. The number of urea groups is 1. The molecule has 0 aliphatic carbocycles. The lowest BCUT2D eigenvalue weighted by Crippen LogP contribution is -2.30. The second-order valence-corrected chi connectivity index (χ2v) is 4.60. The Balaban J connectivity index is 2.67. The van der Waals surface area contributed by atoms with Gasteiger partial charge < -0.3 is 20.1 Å². The maximum atomic E-state index is 11.8. The first-order chi connectivity index (χ1) is 9.08. The molecule has 0 fully saturated rings. The fourth-order valence-corrected chi connectivity index (χ4v) is 1.61. The fourth-order valence-electron chi connectivity index (χ4n) is 1.61. The number of ether oxygens (including phenoxy) is 2. The largest absolute Gasteiger partial charge is 0.494 e. The molecule has 106 valence electrons. The lowest BCUT2D eigenvalue weighted by atomic mass is 10.1. The van der Waals surface area contributed by atoms with Gasteiger partial charge in [0.1, 0.15) is 17.2 Å². The van der Waals surface area contributed by atoms with Gasteiger partial charge in [0.15, 0.2) is 0 Å². The molecule has 2 N–H and O–H groups in total. The highest BCUT2D eigenvalue weighted by Gasteiger charge is 2.12.